The van der Waals surface area contributed by atoms with E-state index in [4.69, 9.17) is 9.84 Å². The molecule has 0 aromatic heterocycles. The Bertz CT molecular complexity index is 391. The highest BCUT2D eigenvalue weighted by molar-refractivity contribution is 5.87. The Hall–Kier alpha value is -1.63. The highest BCUT2D eigenvalue weighted by atomic mass is 16.5. The molecule has 1 unspecified atom stereocenters. The number of amides is 2. The second-order valence-corrected chi connectivity index (χ2v) is 6.13. The van der Waals surface area contributed by atoms with Crippen molar-refractivity contribution in [2.45, 2.75) is 45.6 Å². The molecule has 1 aliphatic heterocycles. The van der Waals surface area contributed by atoms with Crippen LogP contribution < -0.4 is 10.6 Å². The van der Waals surface area contributed by atoms with Gasteiger partial charge in [0.1, 0.15) is 6.04 Å². The minimum Gasteiger partial charge on any atom is -0.480 e. The molecule has 2 amide bonds. The zero-order chi connectivity index (χ0) is 16.5. The maximum Gasteiger partial charge on any atom is 0.326 e. The molecule has 0 aromatic rings. The van der Waals surface area contributed by atoms with Gasteiger partial charge in [-0.05, 0) is 31.1 Å². The van der Waals surface area contributed by atoms with Gasteiger partial charge in [0.15, 0.2) is 0 Å². The second-order valence-electron chi connectivity index (χ2n) is 6.13. The van der Waals surface area contributed by atoms with Crippen molar-refractivity contribution in [3.63, 3.8) is 0 Å². The van der Waals surface area contributed by atoms with Crippen LogP contribution in [0.1, 0.15) is 39.5 Å². The van der Waals surface area contributed by atoms with Crippen molar-refractivity contribution in [3.05, 3.63) is 0 Å². The Morgan fingerprint density at radius 1 is 1.27 bits per heavy atom. The number of carboxylic acid groups (broad SMARTS) is 1. The summed E-state index contributed by atoms with van der Waals surface area (Å²) in [6, 6.07) is -0.917. The van der Waals surface area contributed by atoms with Crippen LogP contribution in [0.3, 0.4) is 0 Å². The number of rotatable bonds is 9. The molecule has 1 heterocycles. The molecular formula is C15H26N2O5. The molecule has 0 bridgehead atoms. The van der Waals surface area contributed by atoms with Crippen molar-refractivity contribution in [1.29, 1.82) is 0 Å². The van der Waals surface area contributed by atoms with E-state index >= 15 is 0 Å². The summed E-state index contributed by atoms with van der Waals surface area (Å²) in [5, 5.41) is 14.0. The number of ether oxygens (including phenoxy) is 1. The minimum absolute atomic E-state index is 0.157. The van der Waals surface area contributed by atoms with Gasteiger partial charge in [0.25, 0.3) is 0 Å². The first-order valence-corrected chi connectivity index (χ1v) is 7.75. The molecule has 1 rings (SSSR count). The fraction of sp³-hybridized carbons (Fsp3) is 0.800. The van der Waals surface area contributed by atoms with Crippen LogP contribution in [0.2, 0.25) is 0 Å². The molecule has 0 aliphatic carbocycles. The van der Waals surface area contributed by atoms with Crippen LogP contribution in [-0.2, 0) is 19.1 Å². The molecule has 1 fully saturated rings. The third-order valence-corrected chi connectivity index (χ3v) is 3.59. The summed E-state index contributed by atoms with van der Waals surface area (Å²) in [5.41, 5.74) is 0. The van der Waals surface area contributed by atoms with Gasteiger partial charge in [-0.15, -0.1) is 0 Å². The Labute approximate surface area is 130 Å². The summed E-state index contributed by atoms with van der Waals surface area (Å²) in [7, 11) is 0. The van der Waals surface area contributed by atoms with Crippen molar-refractivity contribution >= 4 is 17.8 Å². The van der Waals surface area contributed by atoms with Crippen molar-refractivity contribution in [3.8, 4) is 0 Å². The molecule has 0 spiro atoms. The summed E-state index contributed by atoms with van der Waals surface area (Å²) in [6.07, 6.45) is 2.44. The van der Waals surface area contributed by atoms with Crippen molar-refractivity contribution in [2.24, 2.45) is 11.8 Å². The number of aliphatic carboxylic acids is 1. The molecule has 0 saturated carbocycles. The number of hydrogen-bond donors (Lipinski definition) is 3. The first-order valence-electron chi connectivity index (χ1n) is 7.75. The predicted octanol–water partition coefficient (Wildman–Crippen LogP) is 0.535. The second kappa shape index (κ2) is 9.40. The number of carbonyl (C=O) groups excluding carboxylic acids is 2. The normalized spacial score (nSPS) is 19.0. The first kappa shape index (κ1) is 18.4. The minimum atomic E-state index is -1.06. The van der Waals surface area contributed by atoms with Crippen LogP contribution in [0.4, 0.5) is 0 Å². The molecule has 126 valence electrons. The maximum atomic E-state index is 11.7. The fourth-order valence-corrected chi connectivity index (χ4v) is 2.35. The summed E-state index contributed by atoms with van der Waals surface area (Å²) in [4.78, 5) is 34.4. The van der Waals surface area contributed by atoms with E-state index in [1.165, 1.54) is 0 Å². The number of hydrogen-bond acceptors (Lipinski definition) is 4. The van der Waals surface area contributed by atoms with Gasteiger partial charge in [0.05, 0.1) is 6.54 Å². The third kappa shape index (κ3) is 7.40. The lowest BCUT2D eigenvalue weighted by Gasteiger charge is -2.16. The van der Waals surface area contributed by atoms with Gasteiger partial charge >= 0.3 is 5.97 Å². The zero-order valence-corrected chi connectivity index (χ0v) is 13.3. The van der Waals surface area contributed by atoms with Crippen LogP contribution in [0.25, 0.3) is 0 Å². The van der Waals surface area contributed by atoms with Crippen LogP contribution in [0, 0.1) is 11.8 Å². The fourth-order valence-electron chi connectivity index (χ4n) is 2.35. The standard InChI is InChI=1S/C15H26N2O5/c1-10(2)7-12(15(20)21)17-14(19)8-16-13(18)4-3-11-5-6-22-9-11/h10-12H,3-9H2,1-2H3,(H,16,18)(H,17,19)(H,20,21)/t11?,12-/m0/s1. The van der Waals surface area contributed by atoms with Gasteiger partial charge < -0.3 is 20.5 Å². The summed E-state index contributed by atoms with van der Waals surface area (Å²) < 4.78 is 5.23. The van der Waals surface area contributed by atoms with E-state index in [1.807, 2.05) is 13.8 Å². The van der Waals surface area contributed by atoms with Gasteiger partial charge in [-0.1, -0.05) is 13.8 Å². The van der Waals surface area contributed by atoms with E-state index in [9.17, 15) is 14.4 Å². The Balaban J connectivity index is 2.22. The van der Waals surface area contributed by atoms with Gasteiger partial charge in [0, 0.05) is 19.6 Å². The summed E-state index contributed by atoms with van der Waals surface area (Å²) in [6.45, 7) is 5.03. The van der Waals surface area contributed by atoms with Crippen LogP contribution in [0.15, 0.2) is 0 Å². The topological polar surface area (TPSA) is 105 Å². The van der Waals surface area contributed by atoms with Gasteiger partial charge in [0.2, 0.25) is 11.8 Å². The highest BCUT2D eigenvalue weighted by Crippen LogP contribution is 2.17. The predicted molar refractivity (Wildman–Crippen MR) is 80.2 cm³/mol. The largest absolute Gasteiger partial charge is 0.480 e. The molecule has 0 aromatic carbocycles. The number of carboxylic acids is 1. The zero-order valence-electron chi connectivity index (χ0n) is 13.3. The average Bonchev–Trinajstić information content (AvgIpc) is 2.94. The Morgan fingerprint density at radius 3 is 2.55 bits per heavy atom. The Kier molecular flexibility index (Phi) is 7.87. The molecule has 1 aliphatic rings. The molecule has 7 nitrogen and oxygen atoms in total. The van der Waals surface area contributed by atoms with Crippen LogP contribution >= 0.6 is 0 Å². The molecular weight excluding hydrogens is 288 g/mol. The van der Waals surface area contributed by atoms with Gasteiger partial charge in [-0.2, -0.15) is 0 Å². The Morgan fingerprint density at radius 2 is 2.00 bits per heavy atom. The molecule has 0 radical (unpaired) electrons. The third-order valence-electron chi connectivity index (χ3n) is 3.59. The van der Waals surface area contributed by atoms with Crippen molar-refractivity contribution in [1.82, 2.24) is 10.6 Å². The molecule has 7 heteroatoms. The van der Waals surface area contributed by atoms with E-state index in [1.54, 1.807) is 0 Å². The lowest BCUT2D eigenvalue weighted by molar-refractivity contribution is -0.142. The number of nitrogens with one attached hydrogen (secondary N) is 2. The van der Waals surface area contributed by atoms with E-state index in [2.05, 4.69) is 10.6 Å². The lowest BCUT2D eigenvalue weighted by Crippen LogP contribution is -2.46. The highest BCUT2D eigenvalue weighted by Gasteiger charge is 2.21. The first-order chi connectivity index (χ1) is 10.4. The quantitative estimate of drug-likeness (QED) is 0.576. The maximum absolute atomic E-state index is 11.7. The van der Waals surface area contributed by atoms with E-state index in [0.29, 0.717) is 25.4 Å². The molecule has 1 saturated heterocycles. The van der Waals surface area contributed by atoms with Crippen LogP contribution in [-0.4, -0.2) is 48.7 Å². The summed E-state index contributed by atoms with van der Waals surface area (Å²) >= 11 is 0. The van der Waals surface area contributed by atoms with Crippen LogP contribution in [0.5, 0.6) is 0 Å². The molecule has 22 heavy (non-hydrogen) atoms. The average molecular weight is 314 g/mol. The molecule has 2 atom stereocenters. The van der Waals surface area contributed by atoms with E-state index < -0.39 is 17.9 Å². The van der Waals surface area contributed by atoms with Gasteiger partial charge in [-0.25, -0.2) is 4.79 Å². The SMILES string of the molecule is CC(C)C[C@H](NC(=O)CNC(=O)CCC1CCOC1)C(=O)O. The van der Waals surface area contributed by atoms with E-state index in [-0.39, 0.29) is 18.4 Å². The summed E-state index contributed by atoms with van der Waals surface area (Å²) in [5.74, 6) is -1.16. The van der Waals surface area contributed by atoms with Crippen molar-refractivity contribution in [2.75, 3.05) is 19.8 Å². The van der Waals surface area contributed by atoms with Gasteiger partial charge in [-0.3, -0.25) is 9.59 Å². The number of carbonyl (C=O) groups is 3. The smallest absolute Gasteiger partial charge is 0.326 e. The van der Waals surface area contributed by atoms with Crippen molar-refractivity contribution < 1.29 is 24.2 Å². The monoisotopic (exact) mass is 314 g/mol. The lowest BCUT2D eigenvalue weighted by atomic mass is 10.0. The molecule has 3 N–H and O–H groups in total. The van der Waals surface area contributed by atoms with E-state index in [0.717, 1.165) is 19.4 Å².